The van der Waals surface area contributed by atoms with Gasteiger partial charge in [0.2, 0.25) is 0 Å². The number of rotatable bonds is 4. The average Bonchev–Trinajstić information content (AvgIpc) is 3.15. The SMILES string of the molecule is N[C@]1(C(=O)O)C[C@@H](NC(=O)c2cc(F)cc(F)c2)[C@@H]2[C@@H](C(=O)O)[C@H]21. The highest BCUT2D eigenvalue weighted by molar-refractivity contribution is 5.95. The van der Waals surface area contributed by atoms with E-state index in [1.807, 2.05) is 0 Å². The Morgan fingerprint density at radius 2 is 1.75 bits per heavy atom. The number of halogens is 2. The lowest BCUT2D eigenvalue weighted by atomic mass is 9.90. The van der Waals surface area contributed by atoms with Crippen molar-refractivity contribution >= 4 is 17.8 Å². The third kappa shape index (κ3) is 2.41. The number of nitrogens with two attached hydrogens (primary N) is 1. The molecule has 0 radical (unpaired) electrons. The van der Waals surface area contributed by atoms with Gasteiger partial charge >= 0.3 is 11.9 Å². The van der Waals surface area contributed by atoms with Gasteiger partial charge in [-0.25, -0.2) is 8.78 Å². The first-order chi connectivity index (χ1) is 11.1. The molecule has 0 bridgehead atoms. The highest BCUT2D eigenvalue weighted by Gasteiger charge is 2.74. The highest BCUT2D eigenvalue weighted by atomic mass is 19.1. The largest absolute Gasteiger partial charge is 0.481 e. The molecule has 0 spiro atoms. The second kappa shape index (κ2) is 5.23. The van der Waals surface area contributed by atoms with E-state index in [2.05, 4.69) is 5.32 Å². The summed E-state index contributed by atoms with van der Waals surface area (Å²) in [6.07, 6.45) is -0.148. The Kier molecular flexibility index (Phi) is 3.56. The normalized spacial score (nSPS) is 33.6. The van der Waals surface area contributed by atoms with Crippen LogP contribution in [0.25, 0.3) is 0 Å². The fourth-order valence-electron chi connectivity index (χ4n) is 3.77. The molecule has 0 aromatic heterocycles. The van der Waals surface area contributed by atoms with E-state index in [1.54, 1.807) is 0 Å². The number of carboxylic acids is 2. The molecule has 1 amide bonds. The zero-order valence-corrected chi connectivity index (χ0v) is 12.2. The Labute approximate surface area is 134 Å². The second-order valence-corrected chi connectivity index (χ2v) is 6.25. The van der Waals surface area contributed by atoms with Crippen LogP contribution in [0.3, 0.4) is 0 Å². The van der Waals surface area contributed by atoms with E-state index in [1.165, 1.54) is 0 Å². The molecule has 0 heterocycles. The minimum absolute atomic E-state index is 0.148. The summed E-state index contributed by atoms with van der Waals surface area (Å²) in [5, 5.41) is 20.9. The summed E-state index contributed by atoms with van der Waals surface area (Å²) < 4.78 is 26.4. The van der Waals surface area contributed by atoms with Crippen LogP contribution in [-0.4, -0.2) is 39.6 Å². The molecule has 5 N–H and O–H groups in total. The van der Waals surface area contributed by atoms with Gasteiger partial charge in [0.1, 0.15) is 17.2 Å². The Morgan fingerprint density at radius 1 is 1.17 bits per heavy atom. The summed E-state index contributed by atoms with van der Waals surface area (Å²) in [6, 6.07) is 1.48. The first-order valence-electron chi connectivity index (χ1n) is 7.17. The molecule has 0 aliphatic heterocycles. The van der Waals surface area contributed by atoms with Crippen molar-refractivity contribution < 1.29 is 33.4 Å². The summed E-state index contributed by atoms with van der Waals surface area (Å²) in [6.45, 7) is 0. The Balaban J connectivity index is 1.81. The number of hydrogen-bond donors (Lipinski definition) is 4. The Hall–Kier alpha value is -2.55. The van der Waals surface area contributed by atoms with Gasteiger partial charge in [-0.15, -0.1) is 0 Å². The number of nitrogens with one attached hydrogen (secondary N) is 1. The first kappa shape index (κ1) is 16.3. The topological polar surface area (TPSA) is 130 Å². The fraction of sp³-hybridized carbons (Fsp3) is 0.400. The molecule has 2 aliphatic rings. The molecule has 2 saturated carbocycles. The molecule has 2 aliphatic carbocycles. The summed E-state index contributed by atoms with van der Waals surface area (Å²) in [5.41, 5.74) is 3.81. The van der Waals surface area contributed by atoms with E-state index >= 15 is 0 Å². The van der Waals surface area contributed by atoms with Crippen molar-refractivity contribution in [2.45, 2.75) is 18.0 Å². The third-order valence-electron chi connectivity index (χ3n) is 4.82. The molecule has 5 atom stereocenters. The quantitative estimate of drug-likeness (QED) is 0.619. The van der Waals surface area contributed by atoms with Crippen LogP contribution in [0, 0.1) is 29.4 Å². The molecule has 0 saturated heterocycles. The van der Waals surface area contributed by atoms with Crippen molar-refractivity contribution in [1.29, 1.82) is 0 Å². The van der Waals surface area contributed by atoms with Gasteiger partial charge in [-0.3, -0.25) is 14.4 Å². The minimum Gasteiger partial charge on any atom is -0.481 e. The van der Waals surface area contributed by atoms with Crippen LogP contribution < -0.4 is 11.1 Å². The number of amides is 1. The highest BCUT2D eigenvalue weighted by Crippen LogP contribution is 2.61. The van der Waals surface area contributed by atoms with Crippen LogP contribution in [0.4, 0.5) is 8.78 Å². The number of carbonyl (C=O) groups is 3. The van der Waals surface area contributed by atoms with Crippen molar-refractivity contribution in [1.82, 2.24) is 5.32 Å². The molecule has 3 rings (SSSR count). The number of fused-ring (bicyclic) bond motifs is 1. The van der Waals surface area contributed by atoms with Crippen molar-refractivity contribution in [3.05, 3.63) is 35.4 Å². The molecular weight excluding hydrogens is 326 g/mol. The third-order valence-corrected chi connectivity index (χ3v) is 4.82. The Bertz CT molecular complexity index is 735. The van der Waals surface area contributed by atoms with Crippen molar-refractivity contribution in [2.75, 3.05) is 0 Å². The van der Waals surface area contributed by atoms with Gasteiger partial charge < -0.3 is 21.3 Å². The molecule has 1 aromatic carbocycles. The van der Waals surface area contributed by atoms with Gasteiger partial charge in [0.15, 0.2) is 0 Å². The lowest BCUT2D eigenvalue weighted by Crippen LogP contribution is -2.52. The van der Waals surface area contributed by atoms with Crippen LogP contribution >= 0.6 is 0 Å². The second-order valence-electron chi connectivity index (χ2n) is 6.25. The maximum Gasteiger partial charge on any atom is 0.324 e. The lowest BCUT2D eigenvalue weighted by Gasteiger charge is -2.25. The zero-order chi connectivity index (χ0) is 17.8. The summed E-state index contributed by atoms with van der Waals surface area (Å²) in [5.74, 6) is -7.58. The number of carboxylic acid groups (broad SMARTS) is 2. The standard InChI is InChI=1S/C15H14F2N2O5/c16-6-1-5(2-7(17)3-6)12(20)19-8-4-15(18,14(23)24)11-9(8)10(11)13(21)22/h1-3,8-11H,4,18H2,(H,19,20)(H,21,22)(H,23,24)/t8-,9-,10-,11+,15-/m1/s1. The number of aliphatic carboxylic acids is 2. The number of benzene rings is 1. The Morgan fingerprint density at radius 3 is 2.25 bits per heavy atom. The van der Waals surface area contributed by atoms with Gasteiger partial charge in [-0.05, 0) is 24.5 Å². The van der Waals surface area contributed by atoms with E-state index < -0.39 is 58.8 Å². The van der Waals surface area contributed by atoms with E-state index in [4.69, 9.17) is 10.8 Å². The predicted octanol–water partition coefficient (Wildman–Crippen LogP) is 0.196. The van der Waals surface area contributed by atoms with Crippen LogP contribution in [-0.2, 0) is 9.59 Å². The molecule has 24 heavy (non-hydrogen) atoms. The summed E-state index contributed by atoms with van der Waals surface area (Å²) >= 11 is 0. The smallest absolute Gasteiger partial charge is 0.324 e. The molecule has 7 nitrogen and oxygen atoms in total. The molecule has 128 valence electrons. The fourth-order valence-corrected chi connectivity index (χ4v) is 3.77. The van der Waals surface area contributed by atoms with Crippen LogP contribution in [0.2, 0.25) is 0 Å². The first-order valence-corrected chi connectivity index (χ1v) is 7.17. The average molecular weight is 340 g/mol. The lowest BCUT2D eigenvalue weighted by molar-refractivity contribution is -0.145. The summed E-state index contributed by atoms with van der Waals surface area (Å²) in [7, 11) is 0. The predicted molar refractivity (Wildman–Crippen MR) is 74.9 cm³/mol. The van der Waals surface area contributed by atoms with E-state index in [9.17, 15) is 28.3 Å². The molecular formula is C15H14F2N2O5. The van der Waals surface area contributed by atoms with Crippen LogP contribution in [0.5, 0.6) is 0 Å². The number of hydrogen-bond acceptors (Lipinski definition) is 4. The van der Waals surface area contributed by atoms with Gasteiger partial charge in [0.05, 0.1) is 5.92 Å². The van der Waals surface area contributed by atoms with Gasteiger partial charge in [-0.2, -0.15) is 0 Å². The molecule has 9 heteroatoms. The van der Waals surface area contributed by atoms with Crippen LogP contribution in [0.15, 0.2) is 18.2 Å². The monoisotopic (exact) mass is 340 g/mol. The zero-order valence-electron chi connectivity index (χ0n) is 12.2. The van der Waals surface area contributed by atoms with Gasteiger partial charge in [0.25, 0.3) is 5.91 Å². The maximum absolute atomic E-state index is 13.2. The van der Waals surface area contributed by atoms with E-state index in [-0.39, 0.29) is 12.0 Å². The van der Waals surface area contributed by atoms with E-state index in [0.717, 1.165) is 12.1 Å². The maximum atomic E-state index is 13.2. The van der Waals surface area contributed by atoms with Crippen LogP contribution in [0.1, 0.15) is 16.8 Å². The number of carbonyl (C=O) groups excluding carboxylic acids is 1. The van der Waals surface area contributed by atoms with Crippen molar-refractivity contribution in [3.63, 3.8) is 0 Å². The van der Waals surface area contributed by atoms with Gasteiger partial charge in [-0.1, -0.05) is 0 Å². The molecule has 2 fully saturated rings. The van der Waals surface area contributed by atoms with Crippen molar-refractivity contribution in [2.24, 2.45) is 23.5 Å². The molecule has 1 aromatic rings. The van der Waals surface area contributed by atoms with Crippen molar-refractivity contribution in [3.8, 4) is 0 Å². The molecule has 0 unspecified atom stereocenters. The minimum atomic E-state index is -1.75. The van der Waals surface area contributed by atoms with Gasteiger partial charge in [0, 0.05) is 23.6 Å². The summed E-state index contributed by atoms with van der Waals surface area (Å²) in [4.78, 5) is 34.8. The van der Waals surface area contributed by atoms with E-state index in [0.29, 0.717) is 6.07 Å².